The van der Waals surface area contributed by atoms with Crippen molar-refractivity contribution in [3.63, 3.8) is 0 Å². The Balaban J connectivity index is 2.95. The summed E-state index contributed by atoms with van der Waals surface area (Å²) >= 11 is 6.08. The third-order valence-corrected chi connectivity index (χ3v) is 2.51. The Hall–Kier alpha value is -1.59. The number of nitriles is 1. The lowest BCUT2D eigenvalue weighted by Crippen LogP contribution is -1.91. The number of pyridine rings is 1. The van der Waals surface area contributed by atoms with E-state index in [0.717, 1.165) is 10.9 Å². The monoisotopic (exact) mass is 202 g/mol. The first-order valence-electron chi connectivity index (χ1n) is 4.19. The van der Waals surface area contributed by atoms with Gasteiger partial charge < -0.3 is 0 Å². The molecule has 0 N–H and O–H groups in total. The quantitative estimate of drug-likeness (QED) is 0.658. The smallest absolute Gasteiger partial charge is 0.103 e. The van der Waals surface area contributed by atoms with Crippen molar-refractivity contribution in [2.75, 3.05) is 0 Å². The molecule has 14 heavy (non-hydrogen) atoms. The molecule has 0 unspecified atom stereocenters. The Labute approximate surface area is 86.8 Å². The average Bonchev–Trinajstić information content (AvgIpc) is 2.18. The molecule has 1 aromatic carbocycles. The van der Waals surface area contributed by atoms with E-state index in [1.165, 1.54) is 0 Å². The number of para-hydroxylation sites is 1. The summed E-state index contributed by atoms with van der Waals surface area (Å²) in [6.45, 7) is 1.79. The molecule has 0 saturated carbocycles. The van der Waals surface area contributed by atoms with Crippen LogP contribution in [0.15, 0.2) is 24.3 Å². The molecule has 2 aromatic rings. The maximum absolute atomic E-state index is 8.88. The number of nitrogens with zero attached hydrogens (tertiary/aromatic N) is 2. The van der Waals surface area contributed by atoms with Crippen molar-refractivity contribution in [2.45, 2.75) is 6.92 Å². The molecule has 0 aliphatic heterocycles. The van der Waals surface area contributed by atoms with Gasteiger partial charge in [0, 0.05) is 5.39 Å². The van der Waals surface area contributed by atoms with Crippen LogP contribution >= 0.6 is 11.6 Å². The summed E-state index contributed by atoms with van der Waals surface area (Å²) in [7, 11) is 0. The van der Waals surface area contributed by atoms with E-state index in [2.05, 4.69) is 11.1 Å². The Morgan fingerprint density at radius 1 is 1.36 bits per heavy atom. The van der Waals surface area contributed by atoms with E-state index in [1.54, 1.807) is 6.92 Å². The zero-order valence-electron chi connectivity index (χ0n) is 7.58. The van der Waals surface area contributed by atoms with Gasteiger partial charge >= 0.3 is 0 Å². The maximum Gasteiger partial charge on any atom is 0.103 e. The van der Waals surface area contributed by atoms with Gasteiger partial charge in [-0.25, -0.2) is 0 Å². The van der Waals surface area contributed by atoms with E-state index >= 15 is 0 Å². The van der Waals surface area contributed by atoms with Gasteiger partial charge in [-0.3, -0.25) is 4.98 Å². The fourth-order valence-corrected chi connectivity index (χ4v) is 1.76. The largest absolute Gasteiger partial charge is 0.252 e. The highest BCUT2D eigenvalue weighted by Crippen LogP contribution is 2.26. The third-order valence-electron chi connectivity index (χ3n) is 2.12. The highest BCUT2D eigenvalue weighted by Gasteiger charge is 2.09. The van der Waals surface area contributed by atoms with Gasteiger partial charge in [0.2, 0.25) is 0 Å². The first-order valence-corrected chi connectivity index (χ1v) is 4.57. The van der Waals surface area contributed by atoms with E-state index in [9.17, 15) is 0 Å². The summed E-state index contributed by atoms with van der Waals surface area (Å²) in [5.41, 5.74) is 1.97. The van der Waals surface area contributed by atoms with Gasteiger partial charge in [0.25, 0.3) is 0 Å². The van der Waals surface area contributed by atoms with Crippen molar-refractivity contribution < 1.29 is 0 Å². The van der Waals surface area contributed by atoms with Gasteiger partial charge in [0.15, 0.2) is 0 Å². The van der Waals surface area contributed by atoms with Crippen molar-refractivity contribution in [1.82, 2.24) is 4.98 Å². The molecule has 2 nitrogen and oxygen atoms in total. The van der Waals surface area contributed by atoms with Crippen molar-refractivity contribution in [1.29, 1.82) is 5.26 Å². The number of hydrogen-bond donors (Lipinski definition) is 0. The predicted octanol–water partition coefficient (Wildman–Crippen LogP) is 3.07. The molecule has 0 radical (unpaired) electrons. The molecule has 0 fully saturated rings. The van der Waals surface area contributed by atoms with Gasteiger partial charge in [0.05, 0.1) is 21.8 Å². The average molecular weight is 203 g/mol. The standard InChI is InChI=1S/C11H7ClN2/c1-7-9(6-13)11(12)8-4-2-3-5-10(8)14-7/h2-5H,1H3. The highest BCUT2D eigenvalue weighted by atomic mass is 35.5. The minimum Gasteiger partial charge on any atom is -0.252 e. The minimum atomic E-state index is 0.463. The number of aromatic nitrogens is 1. The van der Waals surface area contributed by atoms with Crippen LogP contribution in [-0.4, -0.2) is 4.98 Å². The zero-order valence-corrected chi connectivity index (χ0v) is 8.34. The third kappa shape index (κ3) is 1.23. The Morgan fingerprint density at radius 2 is 2.07 bits per heavy atom. The van der Waals surface area contributed by atoms with Gasteiger partial charge in [-0.05, 0) is 13.0 Å². The Bertz CT molecular complexity index is 541. The first kappa shape index (κ1) is 8.98. The molecule has 0 bridgehead atoms. The van der Waals surface area contributed by atoms with E-state index < -0.39 is 0 Å². The molecular formula is C11H7ClN2. The number of benzene rings is 1. The van der Waals surface area contributed by atoms with Gasteiger partial charge in [-0.1, -0.05) is 29.8 Å². The second-order valence-electron chi connectivity index (χ2n) is 3.02. The zero-order chi connectivity index (χ0) is 10.1. The molecule has 0 aliphatic carbocycles. The van der Waals surface area contributed by atoms with Crippen LogP contribution in [0.25, 0.3) is 10.9 Å². The molecule has 3 heteroatoms. The molecule has 68 valence electrons. The van der Waals surface area contributed by atoms with Crippen LogP contribution in [0.2, 0.25) is 5.02 Å². The van der Waals surface area contributed by atoms with Crippen LogP contribution in [0.3, 0.4) is 0 Å². The van der Waals surface area contributed by atoms with Crippen molar-refractivity contribution in [2.24, 2.45) is 0 Å². The fraction of sp³-hybridized carbons (Fsp3) is 0.0909. The van der Waals surface area contributed by atoms with Crippen molar-refractivity contribution in [3.05, 3.63) is 40.5 Å². The molecular weight excluding hydrogens is 196 g/mol. The summed E-state index contributed by atoms with van der Waals surface area (Å²) in [6, 6.07) is 9.59. The van der Waals surface area contributed by atoms with Crippen LogP contribution in [0.1, 0.15) is 11.3 Å². The molecule has 0 saturated heterocycles. The van der Waals surface area contributed by atoms with Crippen molar-refractivity contribution in [3.8, 4) is 6.07 Å². The second-order valence-corrected chi connectivity index (χ2v) is 3.39. The fourth-order valence-electron chi connectivity index (χ4n) is 1.42. The molecule has 0 aliphatic rings. The van der Waals surface area contributed by atoms with Crippen LogP contribution in [0.4, 0.5) is 0 Å². The van der Waals surface area contributed by atoms with E-state index in [1.807, 2.05) is 24.3 Å². The first-order chi connectivity index (χ1) is 6.74. The van der Waals surface area contributed by atoms with Gasteiger partial charge in [-0.15, -0.1) is 0 Å². The summed E-state index contributed by atoms with van der Waals surface area (Å²) in [5.74, 6) is 0. The van der Waals surface area contributed by atoms with E-state index in [-0.39, 0.29) is 0 Å². The van der Waals surface area contributed by atoms with E-state index in [0.29, 0.717) is 16.3 Å². The lowest BCUT2D eigenvalue weighted by atomic mass is 10.1. The minimum absolute atomic E-state index is 0.463. The lowest BCUT2D eigenvalue weighted by molar-refractivity contribution is 1.23. The molecule has 1 heterocycles. The predicted molar refractivity (Wildman–Crippen MR) is 56.2 cm³/mol. The number of rotatable bonds is 0. The summed E-state index contributed by atoms with van der Waals surface area (Å²) in [4.78, 5) is 4.30. The van der Waals surface area contributed by atoms with Gasteiger partial charge in [-0.2, -0.15) is 5.26 Å². The maximum atomic E-state index is 8.88. The summed E-state index contributed by atoms with van der Waals surface area (Å²) in [6.07, 6.45) is 0. The Kier molecular flexibility index (Phi) is 2.11. The lowest BCUT2D eigenvalue weighted by Gasteiger charge is -2.03. The number of aryl methyl sites for hydroxylation is 1. The molecule has 2 rings (SSSR count). The highest BCUT2D eigenvalue weighted by molar-refractivity contribution is 6.36. The topological polar surface area (TPSA) is 36.7 Å². The van der Waals surface area contributed by atoms with E-state index in [4.69, 9.17) is 16.9 Å². The normalized spacial score (nSPS) is 10.1. The van der Waals surface area contributed by atoms with Crippen LogP contribution in [-0.2, 0) is 0 Å². The molecule has 1 aromatic heterocycles. The molecule has 0 amide bonds. The second kappa shape index (κ2) is 3.28. The van der Waals surface area contributed by atoms with Gasteiger partial charge in [0.1, 0.15) is 6.07 Å². The summed E-state index contributed by atoms with van der Waals surface area (Å²) in [5, 5.41) is 10.2. The molecule has 0 atom stereocenters. The summed E-state index contributed by atoms with van der Waals surface area (Å²) < 4.78 is 0. The van der Waals surface area contributed by atoms with Crippen LogP contribution < -0.4 is 0 Å². The number of fused-ring (bicyclic) bond motifs is 1. The van der Waals surface area contributed by atoms with Crippen LogP contribution in [0.5, 0.6) is 0 Å². The SMILES string of the molecule is Cc1nc2ccccc2c(Cl)c1C#N. The van der Waals surface area contributed by atoms with Crippen LogP contribution in [0, 0.1) is 18.3 Å². The number of halogens is 1. The molecule has 0 spiro atoms. The van der Waals surface area contributed by atoms with Crippen molar-refractivity contribution >= 4 is 22.5 Å². The number of hydrogen-bond acceptors (Lipinski definition) is 2. The Morgan fingerprint density at radius 3 is 2.79 bits per heavy atom.